The maximum Gasteiger partial charge on any atom is 0.226 e. The fourth-order valence-corrected chi connectivity index (χ4v) is 1.77. The van der Waals surface area contributed by atoms with Crippen LogP contribution in [0.15, 0.2) is 17.8 Å². The molecule has 2 aromatic heterocycles. The third kappa shape index (κ3) is 2.80. The topological polar surface area (TPSA) is 96.7 Å². The van der Waals surface area contributed by atoms with Crippen LogP contribution in [0.25, 0.3) is 0 Å². The van der Waals surface area contributed by atoms with Crippen molar-refractivity contribution in [2.24, 2.45) is 0 Å². The summed E-state index contributed by atoms with van der Waals surface area (Å²) in [4.78, 5) is 22.4. The summed E-state index contributed by atoms with van der Waals surface area (Å²) in [6.45, 7) is 0.394. The second-order valence-electron chi connectivity index (χ2n) is 3.17. The van der Waals surface area contributed by atoms with Crippen molar-refractivity contribution >= 4 is 22.4 Å². The van der Waals surface area contributed by atoms with Crippen molar-refractivity contribution in [2.75, 3.05) is 5.73 Å². The van der Waals surface area contributed by atoms with Crippen LogP contribution in [0.3, 0.4) is 0 Å². The summed E-state index contributed by atoms with van der Waals surface area (Å²) in [5.41, 5.74) is 6.16. The number of imidazole rings is 1. The normalized spacial score (nSPS) is 10.2. The smallest absolute Gasteiger partial charge is 0.226 e. The molecule has 6 nitrogen and oxygen atoms in total. The van der Waals surface area contributed by atoms with Gasteiger partial charge in [0.05, 0.1) is 18.7 Å². The van der Waals surface area contributed by atoms with Crippen LogP contribution >= 0.6 is 11.3 Å². The second kappa shape index (κ2) is 4.75. The Balaban J connectivity index is 1.81. The van der Waals surface area contributed by atoms with E-state index in [2.05, 4.69) is 20.3 Å². The molecule has 2 aromatic rings. The molecule has 0 fully saturated rings. The first-order chi connectivity index (χ1) is 7.74. The molecule has 0 saturated heterocycles. The van der Waals surface area contributed by atoms with Gasteiger partial charge in [0.1, 0.15) is 5.82 Å². The Kier molecular flexibility index (Phi) is 3.16. The van der Waals surface area contributed by atoms with E-state index in [1.807, 2.05) is 0 Å². The summed E-state index contributed by atoms with van der Waals surface area (Å²) in [7, 11) is 0. The molecule has 0 aliphatic carbocycles. The molecule has 2 rings (SSSR count). The molecule has 0 radical (unpaired) electrons. The first-order valence-electron chi connectivity index (χ1n) is 4.69. The van der Waals surface area contributed by atoms with Crippen molar-refractivity contribution in [2.45, 2.75) is 13.0 Å². The molecule has 84 valence electrons. The van der Waals surface area contributed by atoms with Crippen LogP contribution < -0.4 is 11.1 Å². The number of anilines is 1. The van der Waals surface area contributed by atoms with E-state index in [9.17, 15) is 4.79 Å². The highest BCUT2D eigenvalue weighted by Crippen LogP contribution is 2.11. The summed E-state index contributed by atoms with van der Waals surface area (Å²) in [6.07, 6.45) is 3.60. The van der Waals surface area contributed by atoms with Gasteiger partial charge in [0, 0.05) is 17.8 Å². The molecule has 0 spiro atoms. The van der Waals surface area contributed by atoms with E-state index in [0.717, 1.165) is 5.82 Å². The lowest BCUT2D eigenvalue weighted by atomic mass is 10.3. The molecule has 0 atom stereocenters. The SMILES string of the molecule is Nc1nc(CC(=O)NCc2ncc[nH]2)cs1. The van der Waals surface area contributed by atoms with Gasteiger partial charge >= 0.3 is 0 Å². The van der Waals surface area contributed by atoms with E-state index >= 15 is 0 Å². The van der Waals surface area contributed by atoms with Crippen LogP contribution in [0.2, 0.25) is 0 Å². The number of nitrogen functional groups attached to an aromatic ring is 1. The molecule has 1 amide bonds. The lowest BCUT2D eigenvalue weighted by Crippen LogP contribution is -2.25. The average Bonchev–Trinajstić information content (AvgIpc) is 2.87. The number of nitrogens with two attached hydrogens (primary N) is 1. The van der Waals surface area contributed by atoms with Gasteiger partial charge in [-0.3, -0.25) is 4.79 Å². The van der Waals surface area contributed by atoms with Crippen LogP contribution in [0.4, 0.5) is 5.13 Å². The summed E-state index contributed by atoms with van der Waals surface area (Å²) in [6, 6.07) is 0. The molecule has 2 heterocycles. The van der Waals surface area contributed by atoms with Gasteiger partial charge in [-0.15, -0.1) is 11.3 Å². The van der Waals surface area contributed by atoms with Gasteiger partial charge in [0.25, 0.3) is 0 Å². The van der Waals surface area contributed by atoms with E-state index in [1.165, 1.54) is 11.3 Å². The van der Waals surface area contributed by atoms with Crippen LogP contribution in [0.5, 0.6) is 0 Å². The van der Waals surface area contributed by atoms with E-state index in [1.54, 1.807) is 17.8 Å². The van der Waals surface area contributed by atoms with E-state index in [0.29, 0.717) is 17.4 Å². The number of H-pyrrole nitrogens is 1. The maximum absolute atomic E-state index is 11.5. The largest absolute Gasteiger partial charge is 0.375 e. The Morgan fingerprint density at radius 3 is 3.12 bits per heavy atom. The molecular weight excluding hydrogens is 226 g/mol. The number of amides is 1. The van der Waals surface area contributed by atoms with Crippen molar-refractivity contribution in [1.82, 2.24) is 20.3 Å². The number of nitrogens with zero attached hydrogens (tertiary/aromatic N) is 2. The Morgan fingerprint density at radius 2 is 2.50 bits per heavy atom. The van der Waals surface area contributed by atoms with Crippen LogP contribution in [0.1, 0.15) is 11.5 Å². The zero-order valence-electron chi connectivity index (χ0n) is 8.43. The molecule has 0 unspecified atom stereocenters. The molecular formula is C9H11N5OS. The predicted molar refractivity (Wildman–Crippen MR) is 60.7 cm³/mol. The highest BCUT2D eigenvalue weighted by Gasteiger charge is 2.06. The second-order valence-corrected chi connectivity index (χ2v) is 4.06. The molecule has 4 N–H and O–H groups in total. The lowest BCUT2D eigenvalue weighted by Gasteiger charge is -2.00. The summed E-state index contributed by atoms with van der Waals surface area (Å²) in [5.74, 6) is 0.632. The molecule has 0 aliphatic rings. The van der Waals surface area contributed by atoms with Crippen LogP contribution in [-0.4, -0.2) is 20.9 Å². The molecule has 16 heavy (non-hydrogen) atoms. The van der Waals surface area contributed by atoms with Gasteiger partial charge < -0.3 is 16.0 Å². The number of aromatic amines is 1. The van der Waals surface area contributed by atoms with Gasteiger partial charge in [-0.2, -0.15) is 0 Å². The highest BCUT2D eigenvalue weighted by molar-refractivity contribution is 7.13. The Morgan fingerprint density at radius 1 is 1.62 bits per heavy atom. The van der Waals surface area contributed by atoms with Gasteiger partial charge in [-0.05, 0) is 0 Å². The standard InChI is InChI=1S/C9H11N5OS/c10-9-14-6(5-16-9)3-8(15)13-4-7-11-1-2-12-7/h1-2,5H,3-4H2,(H2,10,14)(H,11,12)(H,13,15). The fraction of sp³-hybridized carbons (Fsp3) is 0.222. The van der Waals surface area contributed by atoms with Crippen LogP contribution in [0, 0.1) is 0 Å². The Labute approximate surface area is 95.9 Å². The summed E-state index contributed by atoms with van der Waals surface area (Å²) in [5, 5.41) is 4.99. The van der Waals surface area contributed by atoms with Crippen molar-refractivity contribution in [3.8, 4) is 0 Å². The minimum Gasteiger partial charge on any atom is -0.375 e. The number of carbonyl (C=O) groups is 1. The van der Waals surface area contributed by atoms with E-state index in [4.69, 9.17) is 5.73 Å². The van der Waals surface area contributed by atoms with Gasteiger partial charge in [-0.25, -0.2) is 9.97 Å². The number of hydrogen-bond acceptors (Lipinski definition) is 5. The number of aromatic nitrogens is 3. The monoisotopic (exact) mass is 237 g/mol. The van der Waals surface area contributed by atoms with Crippen LogP contribution in [-0.2, 0) is 17.8 Å². The quantitative estimate of drug-likeness (QED) is 0.712. The van der Waals surface area contributed by atoms with Crippen molar-refractivity contribution in [3.05, 3.63) is 29.3 Å². The third-order valence-electron chi connectivity index (χ3n) is 1.92. The van der Waals surface area contributed by atoms with Gasteiger partial charge in [0.2, 0.25) is 5.91 Å². The zero-order chi connectivity index (χ0) is 11.4. The number of nitrogens with one attached hydrogen (secondary N) is 2. The molecule has 0 aliphatic heterocycles. The summed E-state index contributed by atoms with van der Waals surface area (Å²) >= 11 is 1.33. The molecule has 0 aromatic carbocycles. The highest BCUT2D eigenvalue weighted by atomic mass is 32.1. The Hall–Kier alpha value is -1.89. The zero-order valence-corrected chi connectivity index (χ0v) is 9.25. The molecule has 7 heteroatoms. The van der Waals surface area contributed by atoms with Gasteiger partial charge in [0.15, 0.2) is 5.13 Å². The summed E-state index contributed by atoms with van der Waals surface area (Å²) < 4.78 is 0. The number of carbonyl (C=O) groups excluding carboxylic acids is 1. The minimum atomic E-state index is -0.0956. The van der Waals surface area contributed by atoms with Crippen molar-refractivity contribution in [1.29, 1.82) is 0 Å². The first-order valence-corrected chi connectivity index (χ1v) is 5.57. The van der Waals surface area contributed by atoms with E-state index in [-0.39, 0.29) is 12.3 Å². The first kappa shape index (κ1) is 10.6. The maximum atomic E-state index is 11.5. The molecule has 0 bridgehead atoms. The average molecular weight is 237 g/mol. The molecule has 0 saturated carbocycles. The van der Waals surface area contributed by atoms with Crippen molar-refractivity contribution < 1.29 is 4.79 Å². The van der Waals surface area contributed by atoms with Gasteiger partial charge in [-0.1, -0.05) is 0 Å². The number of rotatable bonds is 4. The number of hydrogen-bond donors (Lipinski definition) is 3. The predicted octanol–water partition coefficient (Wildman–Crippen LogP) is 0.307. The third-order valence-corrected chi connectivity index (χ3v) is 2.64. The Bertz CT molecular complexity index is 464. The lowest BCUT2D eigenvalue weighted by molar-refractivity contribution is -0.120. The van der Waals surface area contributed by atoms with E-state index < -0.39 is 0 Å². The van der Waals surface area contributed by atoms with Crippen molar-refractivity contribution in [3.63, 3.8) is 0 Å². The number of thiazole rings is 1. The fourth-order valence-electron chi connectivity index (χ4n) is 1.21. The minimum absolute atomic E-state index is 0.0956.